The number of para-hydroxylation sites is 1. The maximum Gasteiger partial charge on any atom is 0.265 e. The number of aromatic amines is 1. The minimum absolute atomic E-state index is 0.189. The molecule has 0 saturated heterocycles. The van der Waals surface area contributed by atoms with Crippen molar-refractivity contribution in [1.82, 2.24) is 20.2 Å². The topological polar surface area (TPSA) is 97.3 Å². The molecule has 0 fully saturated rings. The molecule has 0 amide bonds. The van der Waals surface area contributed by atoms with Gasteiger partial charge in [-0.25, -0.2) is 5.43 Å². The molecule has 9 heteroatoms. The number of ether oxygens (including phenoxy) is 2. The van der Waals surface area contributed by atoms with Gasteiger partial charge >= 0.3 is 0 Å². The molecule has 0 unspecified atom stereocenters. The third kappa shape index (κ3) is 2.47. The fourth-order valence-electron chi connectivity index (χ4n) is 2.76. The largest absolute Gasteiger partial charge is 0.454 e. The molecule has 0 radical (unpaired) electrons. The number of hydrogen-bond acceptors (Lipinski definition) is 7. The van der Waals surface area contributed by atoms with Gasteiger partial charge in [0.25, 0.3) is 5.95 Å². The molecular formula is C17H11ClN6O2. The first-order valence-corrected chi connectivity index (χ1v) is 8.15. The number of hydrogen-bond donors (Lipinski definition) is 2. The van der Waals surface area contributed by atoms with Gasteiger partial charge in [-0.05, 0) is 12.1 Å². The Bertz CT molecular complexity index is 1170. The predicted molar refractivity (Wildman–Crippen MR) is 98.0 cm³/mol. The van der Waals surface area contributed by atoms with E-state index >= 15 is 0 Å². The number of rotatable bonds is 3. The molecule has 8 nitrogen and oxygen atoms in total. The van der Waals surface area contributed by atoms with E-state index in [2.05, 4.69) is 30.7 Å². The normalized spacial score (nSPS) is 13.1. The van der Waals surface area contributed by atoms with Gasteiger partial charge in [-0.15, -0.1) is 10.2 Å². The van der Waals surface area contributed by atoms with Gasteiger partial charge in [-0.1, -0.05) is 29.8 Å². The van der Waals surface area contributed by atoms with Crippen molar-refractivity contribution in [3.05, 3.63) is 47.0 Å². The van der Waals surface area contributed by atoms with Crippen molar-refractivity contribution < 1.29 is 9.47 Å². The van der Waals surface area contributed by atoms with E-state index in [1.807, 2.05) is 24.3 Å². The molecule has 0 atom stereocenters. The Labute approximate surface area is 151 Å². The summed E-state index contributed by atoms with van der Waals surface area (Å²) < 4.78 is 10.6. The summed E-state index contributed by atoms with van der Waals surface area (Å²) in [6, 6.07) is 11.3. The van der Waals surface area contributed by atoms with Crippen LogP contribution in [0.2, 0.25) is 5.02 Å². The van der Waals surface area contributed by atoms with Crippen LogP contribution in [-0.4, -0.2) is 33.2 Å². The average Bonchev–Trinajstić information content (AvgIpc) is 3.25. The predicted octanol–water partition coefficient (Wildman–Crippen LogP) is 3.33. The van der Waals surface area contributed by atoms with E-state index in [0.717, 1.165) is 10.9 Å². The Morgan fingerprint density at radius 2 is 2.00 bits per heavy atom. The van der Waals surface area contributed by atoms with E-state index in [0.29, 0.717) is 33.2 Å². The standard InChI is InChI=1S/C17H11ClN6O2/c18-11-6-14-13(25-8-26-14)5-9(11)7-19-23-17-21-16-15(22-24-17)10-3-1-2-4-12(10)20-16/h1-7H,8H2,(H2,20,21,23,24)/b19-7+. The van der Waals surface area contributed by atoms with E-state index in [1.165, 1.54) is 0 Å². The Balaban J connectivity index is 1.41. The maximum absolute atomic E-state index is 6.21. The lowest BCUT2D eigenvalue weighted by molar-refractivity contribution is 0.174. The van der Waals surface area contributed by atoms with Crippen molar-refractivity contribution in [3.8, 4) is 11.5 Å². The zero-order valence-corrected chi connectivity index (χ0v) is 14.0. The summed E-state index contributed by atoms with van der Waals surface area (Å²) in [7, 11) is 0. The Morgan fingerprint density at radius 1 is 1.15 bits per heavy atom. The van der Waals surface area contributed by atoms with Crippen LogP contribution in [0.4, 0.5) is 5.95 Å². The van der Waals surface area contributed by atoms with Crippen LogP contribution in [0.3, 0.4) is 0 Å². The third-order valence-electron chi connectivity index (χ3n) is 3.98. The van der Waals surface area contributed by atoms with E-state index in [1.54, 1.807) is 18.3 Å². The minimum atomic E-state index is 0.189. The highest BCUT2D eigenvalue weighted by atomic mass is 35.5. The SMILES string of the molecule is Clc1cc2c(cc1/C=N/Nc1nnc3c(n1)[nH]c1ccccc13)OCO2. The molecule has 128 valence electrons. The van der Waals surface area contributed by atoms with Crippen LogP contribution in [0.15, 0.2) is 41.5 Å². The fourth-order valence-corrected chi connectivity index (χ4v) is 2.96. The molecule has 26 heavy (non-hydrogen) atoms. The maximum atomic E-state index is 6.21. The summed E-state index contributed by atoms with van der Waals surface area (Å²) in [4.78, 5) is 7.60. The highest BCUT2D eigenvalue weighted by Gasteiger charge is 2.15. The summed E-state index contributed by atoms with van der Waals surface area (Å²) in [6.07, 6.45) is 1.56. The second-order valence-corrected chi connectivity index (χ2v) is 6.01. The van der Waals surface area contributed by atoms with Gasteiger partial charge in [0.15, 0.2) is 17.1 Å². The number of aromatic nitrogens is 4. The Kier molecular flexibility index (Phi) is 3.36. The summed E-state index contributed by atoms with van der Waals surface area (Å²) in [5.41, 5.74) is 5.75. The van der Waals surface area contributed by atoms with E-state index in [-0.39, 0.29) is 12.7 Å². The minimum Gasteiger partial charge on any atom is -0.454 e. The number of fused-ring (bicyclic) bond motifs is 4. The first-order valence-electron chi connectivity index (χ1n) is 7.77. The Hall–Kier alpha value is -3.39. The monoisotopic (exact) mass is 366 g/mol. The van der Waals surface area contributed by atoms with Gasteiger partial charge in [0.05, 0.1) is 11.2 Å². The first-order chi connectivity index (χ1) is 12.8. The lowest BCUT2D eigenvalue weighted by Gasteiger charge is -2.01. The van der Waals surface area contributed by atoms with Crippen molar-refractivity contribution in [1.29, 1.82) is 0 Å². The van der Waals surface area contributed by atoms with Gasteiger partial charge in [0, 0.05) is 22.5 Å². The molecule has 0 spiro atoms. The number of H-pyrrole nitrogens is 1. The van der Waals surface area contributed by atoms with Crippen LogP contribution in [0.25, 0.3) is 22.1 Å². The molecule has 1 aliphatic rings. The first kappa shape index (κ1) is 14.9. The van der Waals surface area contributed by atoms with E-state index < -0.39 is 0 Å². The average molecular weight is 367 g/mol. The highest BCUT2D eigenvalue weighted by Crippen LogP contribution is 2.36. The van der Waals surface area contributed by atoms with Gasteiger partial charge in [-0.2, -0.15) is 10.1 Å². The van der Waals surface area contributed by atoms with Crippen LogP contribution in [-0.2, 0) is 0 Å². The molecule has 2 aromatic carbocycles. The fraction of sp³-hybridized carbons (Fsp3) is 0.0588. The van der Waals surface area contributed by atoms with Gasteiger partial charge in [0.2, 0.25) is 6.79 Å². The lowest BCUT2D eigenvalue weighted by Crippen LogP contribution is -1.99. The van der Waals surface area contributed by atoms with Crippen LogP contribution >= 0.6 is 11.6 Å². The van der Waals surface area contributed by atoms with Crippen molar-refractivity contribution in [2.45, 2.75) is 0 Å². The Morgan fingerprint density at radius 3 is 2.92 bits per heavy atom. The summed E-state index contributed by atoms with van der Waals surface area (Å²) in [5.74, 6) is 1.53. The summed E-state index contributed by atoms with van der Waals surface area (Å²) in [5, 5.41) is 13.9. The zero-order chi connectivity index (χ0) is 17.5. The number of halogens is 1. The second kappa shape index (κ2) is 5.85. The molecular weight excluding hydrogens is 356 g/mol. The molecule has 0 aliphatic carbocycles. The number of hydrazone groups is 1. The summed E-state index contributed by atoms with van der Waals surface area (Å²) >= 11 is 6.21. The van der Waals surface area contributed by atoms with Crippen LogP contribution < -0.4 is 14.9 Å². The van der Waals surface area contributed by atoms with Gasteiger partial charge < -0.3 is 14.5 Å². The second-order valence-electron chi connectivity index (χ2n) is 5.60. The van der Waals surface area contributed by atoms with Gasteiger partial charge in [-0.3, -0.25) is 0 Å². The third-order valence-corrected chi connectivity index (χ3v) is 4.31. The van der Waals surface area contributed by atoms with Crippen molar-refractivity contribution in [2.75, 3.05) is 12.2 Å². The number of anilines is 1. The number of nitrogens with zero attached hydrogens (tertiary/aromatic N) is 4. The summed E-state index contributed by atoms with van der Waals surface area (Å²) in [6.45, 7) is 0.189. The molecule has 3 heterocycles. The smallest absolute Gasteiger partial charge is 0.265 e. The molecule has 5 rings (SSSR count). The van der Waals surface area contributed by atoms with Crippen LogP contribution in [0, 0.1) is 0 Å². The molecule has 2 N–H and O–H groups in total. The van der Waals surface area contributed by atoms with E-state index in [4.69, 9.17) is 21.1 Å². The van der Waals surface area contributed by atoms with Crippen molar-refractivity contribution in [3.63, 3.8) is 0 Å². The lowest BCUT2D eigenvalue weighted by atomic mass is 10.2. The van der Waals surface area contributed by atoms with Gasteiger partial charge in [0.1, 0.15) is 5.52 Å². The quantitative estimate of drug-likeness (QED) is 0.426. The van der Waals surface area contributed by atoms with Crippen LogP contribution in [0.5, 0.6) is 11.5 Å². The molecule has 1 aliphatic heterocycles. The highest BCUT2D eigenvalue weighted by molar-refractivity contribution is 6.33. The van der Waals surface area contributed by atoms with E-state index in [9.17, 15) is 0 Å². The molecule has 0 bridgehead atoms. The van der Waals surface area contributed by atoms with Crippen LogP contribution in [0.1, 0.15) is 5.56 Å². The zero-order valence-electron chi connectivity index (χ0n) is 13.2. The van der Waals surface area contributed by atoms with Crippen molar-refractivity contribution in [2.24, 2.45) is 5.10 Å². The molecule has 0 saturated carbocycles. The molecule has 4 aromatic rings. The molecule has 2 aromatic heterocycles. The van der Waals surface area contributed by atoms with Crippen molar-refractivity contribution >= 4 is 45.8 Å². The number of nitrogens with one attached hydrogen (secondary N) is 2. The number of benzene rings is 2.